The highest BCUT2D eigenvalue weighted by molar-refractivity contribution is 7.54. The van der Waals surface area contributed by atoms with E-state index >= 15 is 0 Å². The second kappa shape index (κ2) is 7.20. The lowest BCUT2D eigenvalue weighted by Gasteiger charge is -2.33. The summed E-state index contributed by atoms with van der Waals surface area (Å²) in [6.45, 7) is 10.9. The fourth-order valence-corrected chi connectivity index (χ4v) is 3.06. The smallest absolute Gasteiger partial charge is 0.385 e. The van der Waals surface area contributed by atoms with Crippen LogP contribution in [0.2, 0.25) is 0 Å². The van der Waals surface area contributed by atoms with Gasteiger partial charge in [0.2, 0.25) is 0 Å². The van der Waals surface area contributed by atoms with E-state index in [1.54, 1.807) is 20.8 Å². The monoisotopic (exact) mass is 294 g/mol. The summed E-state index contributed by atoms with van der Waals surface area (Å²) in [5.41, 5.74) is -0.0351. The molecule has 1 aliphatic heterocycles. The van der Waals surface area contributed by atoms with Gasteiger partial charge in [-0.25, -0.2) is 0 Å². The molecule has 0 saturated carbocycles. The van der Waals surface area contributed by atoms with E-state index in [1.165, 1.54) is 0 Å². The Morgan fingerprint density at radius 2 is 1.68 bits per heavy atom. The van der Waals surface area contributed by atoms with Crippen molar-refractivity contribution in [3.8, 4) is 0 Å². The Morgan fingerprint density at radius 3 is 2.11 bits per heavy atom. The summed E-state index contributed by atoms with van der Waals surface area (Å²) >= 11 is 0. The summed E-state index contributed by atoms with van der Waals surface area (Å²) < 4.78 is 39.2. The summed E-state index contributed by atoms with van der Waals surface area (Å²) in [5.74, 6) is -0.737. The van der Waals surface area contributed by atoms with Crippen LogP contribution in [0, 0.1) is 5.41 Å². The van der Waals surface area contributed by atoms with Crippen molar-refractivity contribution >= 4 is 14.9 Å². The van der Waals surface area contributed by atoms with Crippen LogP contribution in [0.4, 0.5) is 0 Å². The van der Waals surface area contributed by atoms with E-state index in [0.29, 0.717) is 26.4 Å². The van der Waals surface area contributed by atoms with Gasteiger partial charge in [-0.15, -0.1) is 0 Å². The maximum Gasteiger partial charge on any atom is 0.640 e. The maximum atomic E-state index is 12.4. The highest BCUT2D eigenvalue weighted by atomic mass is 31.2. The van der Waals surface area contributed by atoms with Gasteiger partial charge in [-0.05, 0) is 20.8 Å². The van der Waals surface area contributed by atoms with Gasteiger partial charge in [-0.3, -0.25) is 4.57 Å². The molecule has 1 saturated heterocycles. The molecule has 0 spiro atoms. The highest BCUT2D eigenvalue weighted by Crippen LogP contribution is 2.53. The highest BCUT2D eigenvalue weighted by Gasteiger charge is 2.41. The summed E-state index contributed by atoms with van der Waals surface area (Å²) in [5, 5.41) is 0. The van der Waals surface area contributed by atoms with E-state index in [1.807, 2.05) is 13.8 Å². The van der Waals surface area contributed by atoms with Crippen molar-refractivity contribution in [2.24, 2.45) is 5.41 Å². The lowest BCUT2D eigenvalue weighted by Crippen LogP contribution is -2.43. The predicted molar refractivity (Wildman–Crippen MR) is 72.8 cm³/mol. The van der Waals surface area contributed by atoms with E-state index in [4.69, 9.17) is 23.0 Å². The fourth-order valence-electron chi connectivity index (χ4n) is 1.60. The van der Waals surface area contributed by atoms with Crippen molar-refractivity contribution in [1.29, 1.82) is 0 Å². The van der Waals surface area contributed by atoms with Gasteiger partial charge >= 0.3 is 14.9 Å². The SMILES string of the molecule is CCOP(=O)(OCC)C(C)OB1OCC(C)(C)CO1. The Hall–Kier alpha value is 0.0949. The molecule has 0 amide bonds. The fraction of sp³-hybridized carbons (Fsp3) is 1.00. The number of hydrogen-bond acceptors (Lipinski definition) is 6. The van der Waals surface area contributed by atoms with Gasteiger partial charge in [-0.2, -0.15) is 0 Å². The first-order valence-corrected chi connectivity index (χ1v) is 8.21. The summed E-state index contributed by atoms with van der Waals surface area (Å²) in [6, 6.07) is 0. The molecule has 1 rings (SSSR count). The lowest BCUT2D eigenvalue weighted by atomic mass is 9.93. The molecule has 0 radical (unpaired) electrons. The average molecular weight is 294 g/mol. The molecule has 112 valence electrons. The van der Waals surface area contributed by atoms with Crippen molar-refractivity contribution in [3.05, 3.63) is 0 Å². The third-order valence-corrected chi connectivity index (χ3v) is 4.84. The van der Waals surface area contributed by atoms with Crippen LogP contribution in [-0.4, -0.2) is 39.6 Å². The molecular formula is C11H24BO6P. The Labute approximate surface area is 115 Å². The molecule has 1 heterocycles. The molecule has 0 aliphatic carbocycles. The Bertz CT molecular complexity index is 304. The molecule has 0 aromatic carbocycles. The molecule has 0 N–H and O–H groups in total. The van der Waals surface area contributed by atoms with Crippen LogP contribution < -0.4 is 0 Å². The van der Waals surface area contributed by atoms with Gasteiger partial charge in [0.25, 0.3) is 0 Å². The van der Waals surface area contributed by atoms with Crippen molar-refractivity contribution in [2.75, 3.05) is 26.4 Å². The Kier molecular flexibility index (Phi) is 6.50. The van der Waals surface area contributed by atoms with Crippen molar-refractivity contribution in [3.63, 3.8) is 0 Å². The number of rotatable bonds is 7. The molecule has 19 heavy (non-hydrogen) atoms. The van der Waals surface area contributed by atoms with E-state index in [2.05, 4.69) is 0 Å². The lowest BCUT2D eigenvalue weighted by molar-refractivity contribution is -0.0249. The van der Waals surface area contributed by atoms with Gasteiger partial charge in [0, 0.05) is 18.6 Å². The summed E-state index contributed by atoms with van der Waals surface area (Å²) in [7, 11) is -4.11. The third-order valence-electron chi connectivity index (χ3n) is 2.59. The van der Waals surface area contributed by atoms with Gasteiger partial charge in [0.05, 0.1) is 13.2 Å². The van der Waals surface area contributed by atoms with Crippen molar-refractivity contribution in [1.82, 2.24) is 0 Å². The predicted octanol–water partition coefficient (Wildman–Crippen LogP) is 2.67. The molecule has 6 nitrogen and oxygen atoms in total. The van der Waals surface area contributed by atoms with Crippen LogP contribution in [0.3, 0.4) is 0 Å². The van der Waals surface area contributed by atoms with Gasteiger partial charge in [-0.1, -0.05) is 13.8 Å². The van der Waals surface area contributed by atoms with E-state index in [0.717, 1.165) is 0 Å². The minimum atomic E-state index is -3.29. The summed E-state index contributed by atoms with van der Waals surface area (Å²) in [6.07, 6.45) is 0. The van der Waals surface area contributed by atoms with Crippen LogP contribution in [-0.2, 0) is 27.6 Å². The van der Waals surface area contributed by atoms with Gasteiger partial charge in [0.15, 0.2) is 0 Å². The molecule has 0 bridgehead atoms. The maximum absolute atomic E-state index is 12.4. The van der Waals surface area contributed by atoms with Crippen LogP contribution in [0.15, 0.2) is 0 Å². The molecular weight excluding hydrogens is 270 g/mol. The molecule has 1 fully saturated rings. The Morgan fingerprint density at radius 1 is 1.21 bits per heavy atom. The molecule has 1 unspecified atom stereocenters. The van der Waals surface area contributed by atoms with Crippen LogP contribution >= 0.6 is 7.60 Å². The largest absolute Gasteiger partial charge is 0.640 e. The van der Waals surface area contributed by atoms with Gasteiger partial charge in [0.1, 0.15) is 5.85 Å². The topological polar surface area (TPSA) is 63.2 Å². The first-order valence-electron chi connectivity index (χ1n) is 6.60. The third kappa shape index (κ3) is 5.18. The zero-order chi connectivity index (χ0) is 14.5. The molecule has 1 atom stereocenters. The Balaban J connectivity index is 2.53. The minimum Gasteiger partial charge on any atom is -0.385 e. The van der Waals surface area contributed by atoms with Gasteiger partial charge < -0.3 is 23.0 Å². The second-order valence-electron chi connectivity index (χ2n) is 5.19. The summed E-state index contributed by atoms with van der Waals surface area (Å²) in [4.78, 5) is 0. The van der Waals surface area contributed by atoms with E-state index in [9.17, 15) is 4.57 Å². The van der Waals surface area contributed by atoms with Crippen LogP contribution in [0.5, 0.6) is 0 Å². The standard InChI is InChI=1S/C11H24BO6P/c1-6-16-19(13,17-7-2)10(3)18-12-14-8-11(4,5)9-15-12/h10H,6-9H2,1-5H3. The second-order valence-corrected chi connectivity index (χ2v) is 7.51. The molecule has 8 heteroatoms. The first kappa shape index (κ1) is 17.1. The van der Waals surface area contributed by atoms with Crippen molar-refractivity contribution in [2.45, 2.75) is 40.5 Å². The molecule has 0 aromatic heterocycles. The molecule has 0 aromatic rings. The zero-order valence-electron chi connectivity index (χ0n) is 12.4. The van der Waals surface area contributed by atoms with E-state index < -0.39 is 20.8 Å². The zero-order valence-corrected chi connectivity index (χ0v) is 13.3. The van der Waals surface area contributed by atoms with Crippen LogP contribution in [0.1, 0.15) is 34.6 Å². The van der Waals surface area contributed by atoms with E-state index in [-0.39, 0.29) is 5.41 Å². The first-order chi connectivity index (χ1) is 8.83. The molecule has 1 aliphatic rings. The minimum absolute atomic E-state index is 0.0351. The normalized spacial score (nSPS) is 21.4. The van der Waals surface area contributed by atoms with Crippen LogP contribution in [0.25, 0.3) is 0 Å². The quantitative estimate of drug-likeness (QED) is 0.531. The van der Waals surface area contributed by atoms with Crippen molar-refractivity contribution < 1.29 is 27.6 Å². The average Bonchev–Trinajstić information content (AvgIpc) is 2.32. The number of hydrogen-bond donors (Lipinski definition) is 0.